The molecule has 0 aromatic heterocycles. The van der Waals surface area contributed by atoms with Crippen LogP contribution in [0.25, 0.3) is 0 Å². The van der Waals surface area contributed by atoms with Crippen molar-refractivity contribution in [3.05, 3.63) is 69.7 Å². The van der Waals surface area contributed by atoms with E-state index in [1.807, 2.05) is 30.3 Å². The van der Waals surface area contributed by atoms with Gasteiger partial charge in [-0.05, 0) is 61.9 Å². The number of nitrogens with zero attached hydrogens (tertiary/aromatic N) is 1. The molecule has 0 saturated carbocycles. The van der Waals surface area contributed by atoms with Crippen molar-refractivity contribution < 1.29 is 14.6 Å². The fourth-order valence-corrected chi connectivity index (χ4v) is 5.07. The highest BCUT2D eigenvalue weighted by Crippen LogP contribution is 2.46. The van der Waals surface area contributed by atoms with Gasteiger partial charge in [-0.25, -0.2) is 0 Å². The molecule has 0 spiro atoms. The highest BCUT2D eigenvalue weighted by atomic mass is 35.5. The topological polar surface area (TPSA) is 49.8 Å². The number of carbonyl (C=O) groups excluding carboxylic acids is 1. The summed E-state index contributed by atoms with van der Waals surface area (Å²) in [7, 11) is 0. The van der Waals surface area contributed by atoms with Crippen molar-refractivity contribution in [3.8, 4) is 0 Å². The first-order chi connectivity index (χ1) is 14.0. The molecule has 2 aliphatic heterocycles. The lowest BCUT2D eigenvalue weighted by Crippen LogP contribution is -2.62. The predicted molar refractivity (Wildman–Crippen MR) is 114 cm³/mol. The third kappa shape index (κ3) is 3.79. The summed E-state index contributed by atoms with van der Waals surface area (Å²) in [4.78, 5) is 14.8. The molecular weight excluding hydrogens is 409 g/mol. The summed E-state index contributed by atoms with van der Waals surface area (Å²) in [5, 5.41) is 12.5. The van der Waals surface area contributed by atoms with Gasteiger partial charge in [-0.15, -0.1) is 0 Å². The Bertz CT molecular complexity index is 870. The molecule has 4 nitrogen and oxygen atoms in total. The zero-order chi connectivity index (χ0) is 20.4. The third-order valence-corrected chi connectivity index (χ3v) is 6.98. The van der Waals surface area contributed by atoms with Gasteiger partial charge < -0.3 is 14.7 Å². The Hall–Kier alpha value is -1.59. The van der Waals surface area contributed by atoms with Gasteiger partial charge in [0.05, 0.1) is 21.6 Å². The fourth-order valence-electron chi connectivity index (χ4n) is 4.77. The largest absolute Gasteiger partial charge is 0.377 e. The molecule has 1 amide bonds. The Kier molecular flexibility index (Phi) is 6.16. The monoisotopic (exact) mass is 433 g/mol. The van der Waals surface area contributed by atoms with Crippen molar-refractivity contribution in [2.75, 3.05) is 13.2 Å². The molecule has 0 aliphatic carbocycles. The first-order valence-electron chi connectivity index (χ1n) is 10.2. The van der Waals surface area contributed by atoms with Crippen molar-refractivity contribution in [1.29, 1.82) is 0 Å². The molecule has 3 atom stereocenters. The number of hydrogen-bond acceptors (Lipinski definition) is 3. The van der Waals surface area contributed by atoms with Crippen LogP contribution in [0.3, 0.4) is 0 Å². The van der Waals surface area contributed by atoms with E-state index in [1.165, 1.54) is 0 Å². The summed E-state index contributed by atoms with van der Waals surface area (Å²) in [6, 6.07) is 14.6. The minimum absolute atomic E-state index is 0.168. The zero-order valence-electron chi connectivity index (χ0n) is 16.2. The van der Waals surface area contributed by atoms with Gasteiger partial charge in [0, 0.05) is 18.7 Å². The Labute approximate surface area is 181 Å². The van der Waals surface area contributed by atoms with Crippen LogP contribution < -0.4 is 0 Å². The van der Waals surface area contributed by atoms with E-state index in [9.17, 15) is 9.90 Å². The standard InChI is InChI=1S/C23H25Cl2NO3/c24-18-11-10-17(15-19(18)25)23(20-9-4-5-14-29-20)12-6-13-26(22(23)28)21(27)16-7-2-1-3-8-16/h1-3,7-8,10-11,15,20,22,28H,4-6,9,12-14H2. The van der Waals surface area contributed by atoms with Gasteiger partial charge in [0.25, 0.3) is 5.91 Å². The number of hydrogen-bond donors (Lipinski definition) is 1. The summed E-state index contributed by atoms with van der Waals surface area (Å²) in [5.41, 5.74) is 0.704. The first kappa shape index (κ1) is 20.7. The van der Waals surface area contributed by atoms with Crippen molar-refractivity contribution in [1.82, 2.24) is 4.90 Å². The number of benzene rings is 2. The van der Waals surface area contributed by atoms with Gasteiger partial charge in [-0.3, -0.25) is 4.79 Å². The maximum Gasteiger partial charge on any atom is 0.255 e. The first-order valence-corrected chi connectivity index (χ1v) is 10.9. The number of aliphatic hydroxyl groups excluding tert-OH is 1. The normalized spacial score (nSPS) is 27.6. The lowest BCUT2D eigenvalue weighted by Gasteiger charge is -2.52. The van der Waals surface area contributed by atoms with Crippen LogP contribution in [0, 0.1) is 0 Å². The molecule has 154 valence electrons. The van der Waals surface area contributed by atoms with Gasteiger partial charge in [0.15, 0.2) is 0 Å². The summed E-state index contributed by atoms with van der Waals surface area (Å²) < 4.78 is 6.18. The summed E-state index contributed by atoms with van der Waals surface area (Å²) in [5.74, 6) is -0.168. The van der Waals surface area contributed by atoms with Crippen LogP contribution in [-0.2, 0) is 10.2 Å². The minimum atomic E-state index is -1.01. The summed E-state index contributed by atoms with van der Waals surface area (Å²) in [6.07, 6.45) is 3.18. The number of piperidine rings is 1. The van der Waals surface area contributed by atoms with Crippen LogP contribution in [0.2, 0.25) is 10.0 Å². The molecule has 3 unspecified atom stereocenters. The number of likely N-dealkylation sites (tertiary alicyclic amines) is 1. The maximum absolute atomic E-state index is 13.2. The van der Waals surface area contributed by atoms with Gasteiger partial charge in [0.2, 0.25) is 0 Å². The Balaban J connectivity index is 1.77. The lowest BCUT2D eigenvalue weighted by atomic mass is 9.66. The van der Waals surface area contributed by atoms with Crippen LogP contribution in [0.1, 0.15) is 48.0 Å². The lowest BCUT2D eigenvalue weighted by molar-refractivity contribution is -0.139. The molecular formula is C23H25Cl2NO3. The molecule has 2 aromatic carbocycles. The van der Waals surface area contributed by atoms with Gasteiger partial charge >= 0.3 is 0 Å². The molecule has 1 N–H and O–H groups in total. The van der Waals surface area contributed by atoms with Crippen molar-refractivity contribution in [2.24, 2.45) is 0 Å². The second-order valence-electron chi connectivity index (χ2n) is 7.87. The van der Waals surface area contributed by atoms with E-state index >= 15 is 0 Å². The molecule has 2 aromatic rings. The number of carbonyl (C=O) groups is 1. The maximum atomic E-state index is 13.2. The zero-order valence-corrected chi connectivity index (χ0v) is 17.7. The van der Waals surface area contributed by atoms with E-state index < -0.39 is 11.6 Å². The molecule has 2 aliphatic rings. The van der Waals surface area contributed by atoms with Crippen LogP contribution in [-0.4, -0.2) is 41.4 Å². The summed E-state index contributed by atoms with van der Waals surface area (Å²) >= 11 is 12.5. The van der Waals surface area contributed by atoms with Gasteiger partial charge in [-0.2, -0.15) is 0 Å². The quantitative estimate of drug-likeness (QED) is 0.735. The van der Waals surface area contributed by atoms with Gasteiger partial charge in [0.1, 0.15) is 6.23 Å². The van der Waals surface area contributed by atoms with E-state index in [4.69, 9.17) is 27.9 Å². The van der Waals surface area contributed by atoms with E-state index in [1.54, 1.807) is 23.1 Å². The average molecular weight is 434 g/mol. The second kappa shape index (κ2) is 8.65. The molecule has 0 bridgehead atoms. The molecule has 2 saturated heterocycles. The van der Waals surface area contributed by atoms with Crippen LogP contribution in [0.4, 0.5) is 0 Å². The van der Waals surface area contributed by atoms with E-state index in [2.05, 4.69) is 0 Å². The molecule has 2 heterocycles. The highest BCUT2D eigenvalue weighted by molar-refractivity contribution is 6.42. The molecule has 2 fully saturated rings. The van der Waals surface area contributed by atoms with Crippen LogP contribution >= 0.6 is 23.2 Å². The van der Waals surface area contributed by atoms with E-state index in [0.717, 1.165) is 37.7 Å². The minimum Gasteiger partial charge on any atom is -0.377 e. The third-order valence-electron chi connectivity index (χ3n) is 6.24. The Morgan fingerprint density at radius 2 is 1.86 bits per heavy atom. The number of amides is 1. The Morgan fingerprint density at radius 1 is 1.07 bits per heavy atom. The molecule has 29 heavy (non-hydrogen) atoms. The molecule has 4 rings (SSSR count). The SMILES string of the molecule is O=C(c1ccccc1)N1CCCC(c2ccc(Cl)c(Cl)c2)(C2CCCCO2)C1O. The fraction of sp³-hybridized carbons (Fsp3) is 0.435. The number of halogens is 2. The predicted octanol–water partition coefficient (Wildman–Crippen LogP) is 5.05. The highest BCUT2D eigenvalue weighted by Gasteiger charge is 2.53. The number of ether oxygens (including phenoxy) is 1. The smallest absolute Gasteiger partial charge is 0.255 e. The number of rotatable bonds is 3. The van der Waals surface area contributed by atoms with Crippen LogP contribution in [0.15, 0.2) is 48.5 Å². The van der Waals surface area contributed by atoms with E-state index in [0.29, 0.717) is 28.8 Å². The molecule has 0 radical (unpaired) electrons. The van der Waals surface area contributed by atoms with Crippen molar-refractivity contribution in [2.45, 2.75) is 49.9 Å². The van der Waals surface area contributed by atoms with Crippen LogP contribution in [0.5, 0.6) is 0 Å². The number of aliphatic hydroxyl groups is 1. The van der Waals surface area contributed by atoms with Gasteiger partial charge in [-0.1, -0.05) is 47.5 Å². The van der Waals surface area contributed by atoms with Crippen molar-refractivity contribution >= 4 is 29.1 Å². The average Bonchev–Trinajstić information content (AvgIpc) is 2.77. The molecule has 6 heteroatoms. The second-order valence-corrected chi connectivity index (χ2v) is 8.68. The Morgan fingerprint density at radius 3 is 2.55 bits per heavy atom. The summed E-state index contributed by atoms with van der Waals surface area (Å²) in [6.45, 7) is 1.16. The van der Waals surface area contributed by atoms with Crippen molar-refractivity contribution in [3.63, 3.8) is 0 Å². The van der Waals surface area contributed by atoms with E-state index in [-0.39, 0.29) is 12.0 Å².